The number of anilines is 1. The van der Waals surface area contributed by atoms with Gasteiger partial charge in [-0.15, -0.1) is 11.3 Å². The van der Waals surface area contributed by atoms with Crippen LogP contribution >= 0.6 is 11.3 Å². The number of nitrogens with one attached hydrogen (secondary N) is 3. The van der Waals surface area contributed by atoms with E-state index in [0.29, 0.717) is 17.4 Å². The maximum Gasteiger partial charge on any atom is 0.256 e. The Labute approximate surface area is 144 Å². The SMILES string of the molecule is O=C(Nc1[nH]nc2sccc12)c1ccc(CNC2CCCC2)cc1. The molecule has 0 bridgehead atoms. The maximum absolute atomic E-state index is 12.4. The second-order valence-electron chi connectivity index (χ2n) is 6.25. The number of benzene rings is 1. The minimum Gasteiger partial charge on any atom is -0.310 e. The zero-order valence-corrected chi connectivity index (χ0v) is 14.2. The average molecular weight is 340 g/mol. The van der Waals surface area contributed by atoms with Crippen LogP contribution in [0, 0.1) is 0 Å². The van der Waals surface area contributed by atoms with E-state index in [2.05, 4.69) is 20.8 Å². The topological polar surface area (TPSA) is 69.8 Å². The number of aromatic amines is 1. The summed E-state index contributed by atoms with van der Waals surface area (Å²) < 4.78 is 0. The lowest BCUT2D eigenvalue weighted by molar-refractivity contribution is 0.102. The summed E-state index contributed by atoms with van der Waals surface area (Å²) in [4.78, 5) is 13.3. The summed E-state index contributed by atoms with van der Waals surface area (Å²) in [6, 6.07) is 10.4. The maximum atomic E-state index is 12.4. The first kappa shape index (κ1) is 15.4. The first-order chi connectivity index (χ1) is 11.8. The molecule has 124 valence electrons. The van der Waals surface area contributed by atoms with E-state index in [4.69, 9.17) is 0 Å². The predicted molar refractivity (Wildman–Crippen MR) is 97.5 cm³/mol. The Kier molecular flexibility index (Phi) is 4.32. The number of carbonyl (C=O) groups is 1. The van der Waals surface area contributed by atoms with Crippen LogP contribution in [0.1, 0.15) is 41.6 Å². The third-order valence-corrected chi connectivity index (χ3v) is 5.39. The van der Waals surface area contributed by atoms with Crippen molar-refractivity contribution in [2.45, 2.75) is 38.3 Å². The lowest BCUT2D eigenvalue weighted by Crippen LogP contribution is -2.25. The van der Waals surface area contributed by atoms with Crippen LogP contribution < -0.4 is 10.6 Å². The van der Waals surface area contributed by atoms with E-state index >= 15 is 0 Å². The van der Waals surface area contributed by atoms with Crippen LogP contribution in [-0.2, 0) is 6.54 Å². The normalized spacial score (nSPS) is 15.2. The van der Waals surface area contributed by atoms with Gasteiger partial charge in [0.05, 0.1) is 5.39 Å². The van der Waals surface area contributed by atoms with E-state index < -0.39 is 0 Å². The van der Waals surface area contributed by atoms with Gasteiger partial charge in [0, 0.05) is 18.2 Å². The van der Waals surface area contributed by atoms with E-state index in [1.54, 1.807) is 11.3 Å². The van der Waals surface area contributed by atoms with Gasteiger partial charge in [-0.1, -0.05) is 25.0 Å². The number of hydrogen-bond donors (Lipinski definition) is 3. The van der Waals surface area contributed by atoms with E-state index in [1.165, 1.54) is 31.2 Å². The van der Waals surface area contributed by atoms with Gasteiger partial charge in [0.1, 0.15) is 10.6 Å². The Morgan fingerprint density at radius 1 is 1.21 bits per heavy atom. The lowest BCUT2D eigenvalue weighted by Gasteiger charge is -2.12. The highest BCUT2D eigenvalue weighted by Crippen LogP contribution is 2.25. The molecule has 1 fully saturated rings. The molecular weight excluding hydrogens is 320 g/mol. The molecule has 1 amide bonds. The van der Waals surface area contributed by atoms with Crippen molar-refractivity contribution in [3.05, 3.63) is 46.8 Å². The Hall–Kier alpha value is -2.18. The van der Waals surface area contributed by atoms with Gasteiger partial charge in [-0.25, -0.2) is 0 Å². The number of hydrogen-bond acceptors (Lipinski definition) is 4. The molecule has 4 rings (SSSR count). The van der Waals surface area contributed by atoms with Crippen LogP contribution in [0.5, 0.6) is 0 Å². The molecule has 1 aliphatic carbocycles. The number of H-pyrrole nitrogens is 1. The van der Waals surface area contributed by atoms with Crippen LogP contribution in [0.4, 0.5) is 5.82 Å². The van der Waals surface area contributed by atoms with Gasteiger partial charge < -0.3 is 10.6 Å². The van der Waals surface area contributed by atoms with Gasteiger partial charge in [-0.3, -0.25) is 9.89 Å². The fraction of sp³-hybridized carbons (Fsp3) is 0.333. The average Bonchev–Trinajstić information content (AvgIpc) is 3.33. The lowest BCUT2D eigenvalue weighted by atomic mass is 10.1. The summed E-state index contributed by atoms with van der Waals surface area (Å²) in [5, 5.41) is 16.4. The highest BCUT2D eigenvalue weighted by molar-refractivity contribution is 7.16. The first-order valence-electron chi connectivity index (χ1n) is 8.35. The van der Waals surface area contributed by atoms with Crippen LogP contribution in [0.2, 0.25) is 0 Å². The summed E-state index contributed by atoms with van der Waals surface area (Å²) in [7, 11) is 0. The number of amides is 1. The number of nitrogens with zero attached hydrogens (tertiary/aromatic N) is 1. The fourth-order valence-electron chi connectivity index (χ4n) is 3.19. The minimum absolute atomic E-state index is 0.123. The van der Waals surface area contributed by atoms with Gasteiger partial charge >= 0.3 is 0 Å². The van der Waals surface area contributed by atoms with Gasteiger partial charge in [0.15, 0.2) is 0 Å². The molecule has 3 aromatic rings. The molecule has 0 radical (unpaired) electrons. The molecule has 2 aromatic heterocycles. The largest absolute Gasteiger partial charge is 0.310 e. The predicted octanol–water partition coefficient (Wildman–Crippen LogP) is 3.91. The van der Waals surface area contributed by atoms with Gasteiger partial charge in [-0.05, 0) is 42.0 Å². The number of thiophene rings is 1. The van der Waals surface area contributed by atoms with Crippen molar-refractivity contribution in [2.75, 3.05) is 5.32 Å². The van der Waals surface area contributed by atoms with Gasteiger partial charge in [0.2, 0.25) is 0 Å². The van der Waals surface area contributed by atoms with Crippen LogP contribution in [-0.4, -0.2) is 22.1 Å². The van der Waals surface area contributed by atoms with Crippen molar-refractivity contribution < 1.29 is 4.79 Å². The first-order valence-corrected chi connectivity index (χ1v) is 9.23. The summed E-state index contributed by atoms with van der Waals surface area (Å²) in [5.74, 6) is 0.533. The standard InChI is InChI=1S/C18H20N4OS/c23-17(20-16-15-9-10-24-18(15)22-21-16)13-7-5-12(6-8-13)11-19-14-3-1-2-4-14/h5-10,14,19H,1-4,11H2,(H2,20,21,22,23). The van der Waals surface area contributed by atoms with E-state index in [0.717, 1.165) is 16.8 Å². The zero-order valence-electron chi connectivity index (χ0n) is 13.3. The molecule has 0 unspecified atom stereocenters. The molecule has 0 aliphatic heterocycles. The number of fused-ring (bicyclic) bond motifs is 1. The fourth-order valence-corrected chi connectivity index (χ4v) is 3.92. The third-order valence-electron chi connectivity index (χ3n) is 4.59. The molecule has 1 aromatic carbocycles. The monoisotopic (exact) mass is 340 g/mol. The van der Waals surface area contributed by atoms with Crippen molar-refractivity contribution in [1.82, 2.24) is 15.5 Å². The van der Waals surface area contributed by atoms with Gasteiger partial charge in [-0.2, -0.15) is 5.10 Å². The zero-order chi connectivity index (χ0) is 16.4. The molecule has 1 aliphatic rings. The van der Waals surface area contributed by atoms with E-state index in [9.17, 15) is 4.79 Å². The molecule has 0 atom stereocenters. The van der Waals surface area contributed by atoms with Crippen molar-refractivity contribution in [3.8, 4) is 0 Å². The summed E-state index contributed by atoms with van der Waals surface area (Å²) in [6.07, 6.45) is 5.23. The number of carbonyl (C=O) groups excluding carboxylic acids is 1. The smallest absolute Gasteiger partial charge is 0.256 e. The molecule has 0 saturated heterocycles. The molecular formula is C18H20N4OS. The van der Waals surface area contributed by atoms with E-state index in [1.807, 2.05) is 35.7 Å². The second kappa shape index (κ2) is 6.75. The number of aromatic nitrogens is 2. The Morgan fingerprint density at radius 2 is 2.00 bits per heavy atom. The Bertz CT molecular complexity index is 830. The molecule has 5 nitrogen and oxygen atoms in total. The molecule has 24 heavy (non-hydrogen) atoms. The Morgan fingerprint density at radius 3 is 2.79 bits per heavy atom. The third kappa shape index (κ3) is 3.20. The van der Waals surface area contributed by atoms with Crippen LogP contribution in [0.15, 0.2) is 35.7 Å². The van der Waals surface area contributed by atoms with Crippen molar-refractivity contribution in [3.63, 3.8) is 0 Å². The van der Waals surface area contributed by atoms with Crippen molar-refractivity contribution in [1.29, 1.82) is 0 Å². The quantitative estimate of drug-likeness (QED) is 0.659. The van der Waals surface area contributed by atoms with Gasteiger partial charge in [0.25, 0.3) is 5.91 Å². The highest BCUT2D eigenvalue weighted by Gasteiger charge is 2.14. The molecule has 1 saturated carbocycles. The summed E-state index contributed by atoms with van der Waals surface area (Å²) in [6.45, 7) is 0.864. The van der Waals surface area contributed by atoms with Crippen molar-refractivity contribution in [2.24, 2.45) is 0 Å². The number of rotatable bonds is 5. The molecule has 6 heteroatoms. The van der Waals surface area contributed by atoms with Crippen LogP contribution in [0.25, 0.3) is 10.2 Å². The Balaban J connectivity index is 1.38. The summed E-state index contributed by atoms with van der Waals surface area (Å²) >= 11 is 1.55. The van der Waals surface area contributed by atoms with Crippen LogP contribution in [0.3, 0.4) is 0 Å². The molecule has 0 spiro atoms. The van der Waals surface area contributed by atoms with Crippen molar-refractivity contribution >= 4 is 33.3 Å². The second-order valence-corrected chi connectivity index (χ2v) is 7.15. The highest BCUT2D eigenvalue weighted by atomic mass is 32.1. The minimum atomic E-state index is -0.123. The molecule has 2 heterocycles. The summed E-state index contributed by atoms with van der Waals surface area (Å²) in [5.41, 5.74) is 1.86. The molecule has 3 N–H and O–H groups in total. The van der Waals surface area contributed by atoms with E-state index in [-0.39, 0.29) is 5.91 Å².